The Morgan fingerprint density at radius 2 is 0.654 bits per heavy atom. The van der Waals surface area contributed by atoms with Crippen LogP contribution >= 0.6 is 8.60 Å². The van der Waals surface area contributed by atoms with E-state index in [1.165, 1.54) is 29.6 Å². The first-order valence-corrected chi connectivity index (χ1v) is 9.56. The summed E-state index contributed by atoms with van der Waals surface area (Å²) in [5, 5.41) is 0. The standard InChI is InChI=1S/C10H15.C9H21O3P.2CH3.Ir/c1-6-7(2)9(4)10(5)8(6)3;1-7(2)10-13(11-8(3)4)12-9(5)6;;;/h1-5H3;7-9H,1-6H3;2*1H3;/q;;2*-1;+3. The van der Waals surface area contributed by atoms with E-state index in [-0.39, 0.29) is 53.3 Å². The van der Waals surface area contributed by atoms with Gasteiger partial charge < -0.3 is 28.4 Å². The molecule has 1 rings (SSSR count). The molecule has 1 fully saturated rings. The van der Waals surface area contributed by atoms with Gasteiger partial charge in [-0.05, 0) is 71.1 Å². The van der Waals surface area contributed by atoms with Crippen LogP contribution in [0.4, 0.5) is 0 Å². The fourth-order valence-corrected chi connectivity index (χ4v) is 3.18. The third-order valence-electron chi connectivity index (χ3n) is 3.70. The van der Waals surface area contributed by atoms with E-state index in [2.05, 4.69) is 34.6 Å². The normalized spacial score (nSPS) is 17.2. The first-order chi connectivity index (χ1) is 10.5. The smallest absolute Gasteiger partial charge is 0.358 e. The average Bonchev–Trinajstić information content (AvgIpc) is 2.55. The van der Waals surface area contributed by atoms with Gasteiger partial charge in [-0.15, -0.1) is 0 Å². The summed E-state index contributed by atoms with van der Waals surface area (Å²) >= 11 is 0. The first kappa shape index (κ1) is 34.5. The Morgan fingerprint density at radius 3 is 0.769 bits per heavy atom. The summed E-state index contributed by atoms with van der Waals surface area (Å²) in [6.45, 7) is 22.8. The van der Waals surface area contributed by atoms with Crippen LogP contribution in [0, 0.1) is 44.4 Å². The number of hydrogen-bond acceptors (Lipinski definition) is 3. The van der Waals surface area contributed by atoms with Crippen molar-refractivity contribution in [3.05, 3.63) is 44.4 Å². The van der Waals surface area contributed by atoms with Crippen molar-refractivity contribution >= 4 is 8.60 Å². The molecule has 5 radical (unpaired) electrons. The van der Waals surface area contributed by atoms with Crippen LogP contribution in [0.1, 0.15) is 76.2 Å². The zero-order chi connectivity index (χ0) is 18.3. The molecule has 0 aromatic heterocycles. The Labute approximate surface area is 181 Å². The van der Waals surface area contributed by atoms with Crippen molar-refractivity contribution in [2.24, 2.45) is 0 Å². The Bertz CT molecular complexity index is 245. The molecule has 0 bridgehead atoms. The molecule has 0 spiro atoms. The average molecular weight is 566 g/mol. The molecule has 1 aliphatic carbocycles. The molecule has 0 N–H and O–H groups in total. The van der Waals surface area contributed by atoms with E-state index in [0.29, 0.717) is 0 Å². The number of hydrogen-bond donors (Lipinski definition) is 0. The molecule has 0 atom stereocenters. The Kier molecular flexibility index (Phi) is 22.4. The van der Waals surface area contributed by atoms with Gasteiger partial charge in [-0.2, -0.15) is 0 Å². The van der Waals surface area contributed by atoms with E-state index >= 15 is 0 Å². The van der Waals surface area contributed by atoms with Gasteiger partial charge in [0.25, 0.3) is 0 Å². The molecule has 0 aromatic rings. The molecule has 0 aromatic carbocycles. The van der Waals surface area contributed by atoms with Gasteiger partial charge in [-0.1, -0.05) is 34.6 Å². The fourth-order valence-electron chi connectivity index (χ4n) is 2.00. The predicted octanol–water partition coefficient (Wildman–Crippen LogP) is 7.36. The first-order valence-electron chi connectivity index (χ1n) is 8.47. The van der Waals surface area contributed by atoms with E-state index in [4.69, 9.17) is 13.6 Å². The van der Waals surface area contributed by atoms with Crippen LogP contribution in [0.3, 0.4) is 0 Å². The van der Waals surface area contributed by atoms with Crippen LogP contribution in [-0.4, -0.2) is 18.3 Å². The molecule has 0 aliphatic heterocycles. The fraction of sp³-hybridized carbons (Fsp3) is 0.667. The summed E-state index contributed by atoms with van der Waals surface area (Å²) in [6, 6.07) is 0. The van der Waals surface area contributed by atoms with Gasteiger partial charge in [-0.3, -0.25) is 0 Å². The zero-order valence-corrected chi connectivity index (χ0v) is 22.5. The third kappa shape index (κ3) is 13.2. The van der Waals surface area contributed by atoms with Crippen molar-refractivity contribution in [2.45, 2.75) is 94.5 Å². The molecule has 157 valence electrons. The molecule has 5 heteroatoms. The second-order valence-electron chi connectivity index (χ2n) is 6.81. The van der Waals surface area contributed by atoms with Crippen molar-refractivity contribution in [1.82, 2.24) is 0 Å². The van der Waals surface area contributed by atoms with E-state index in [9.17, 15) is 0 Å². The minimum absolute atomic E-state index is 0. The molecular formula is C21H42IrO3P+. The Balaban J connectivity index is -0.000000170. The minimum atomic E-state index is -1.18. The molecule has 3 nitrogen and oxygen atoms in total. The van der Waals surface area contributed by atoms with Gasteiger partial charge in [0, 0.05) is 0 Å². The van der Waals surface area contributed by atoms with Gasteiger partial charge in [0.15, 0.2) is 0 Å². The van der Waals surface area contributed by atoms with Gasteiger partial charge in [0.2, 0.25) is 0 Å². The van der Waals surface area contributed by atoms with Crippen molar-refractivity contribution < 1.29 is 33.7 Å². The van der Waals surface area contributed by atoms with Crippen molar-refractivity contribution in [2.75, 3.05) is 0 Å². The predicted molar refractivity (Wildman–Crippen MR) is 113 cm³/mol. The molecule has 1 aliphatic rings. The molecule has 1 saturated carbocycles. The van der Waals surface area contributed by atoms with Crippen LogP contribution in [0.2, 0.25) is 0 Å². The van der Waals surface area contributed by atoms with Crippen molar-refractivity contribution in [1.29, 1.82) is 0 Å². The summed E-state index contributed by atoms with van der Waals surface area (Å²) in [6.07, 6.45) is 0.427. The van der Waals surface area contributed by atoms with Crippen LogP contribution < -0.4 is 0 Å². The second kappa shape index (κ2) is 16.9. The van der Waals surface area contributed by atoms with E-state index in [1.807, 2.05) is 41.5 Å². The van der Waals surface area contributed by atoms with Gasteiger partial charge in [0.05, 0.1) is 18.3 Å². The van der Waals surface area contributed by atoms with Crippen molar-refractivity contribution in [3.63, 3.8) is 0 Å². The molecule has 26 heavy (non-hydrogen) atoms. The molecular weight excluding hydrogens is 523 g/mol. The van der Waals surface area contributed by atoms with Gasteiger partial charge >= 0.3 is 28.7 Å². The molecule has 0 unspecified atom stereocenters. The molecule has 0 amide bonds. The van der Waals surface area contributed by atoms with E-state index < -0.39 is 8.60 Å². The maximum Gasteiger partial charge on any atom is 3.00 e. The monoisotopic (exact) mass is 566 g/mol. The van der Waals surface area contributed by atoms with Crippen LogP contribution in [0.15, 0.2) is 0 Å². The van der Waals surface area contributed by atoms with E-state index in [1.54, 1.807) is 0 Å². The third-order valence-corrected chi connectivity index (χ3v) is 5.48. The van der Waals surface area contributed by atoms with E-state index in [0.717, 1.165) is 0 Å². The second-order valence-corrected chi connectivity index (χ2v) is 7.89. The van der Waals surface area contributed by atoms with Crippen molar-refractivity contribution in [3.8, 4) is 0 Å². The number of rotatable bonds is 6. The summed E-state index contributed by atoms with van der Waals surface area (Å²) in [5.74, 6) is 7.34. The summed E-state index contributed by atoms with van der Waals surface area (Å²) in [7, 11) is -1.18. The largest absolute Gasteiger partial charge is 3.00 e. The minimum Gasteiger partial charge on any atom is -0.358 e. The Morgan fingerprint density at radius 1 is 0.500 bits per heavy atom. The maximum atomic E-state index is 5.49. The molecule has 0 saturated heterocycles. The quantitative estimate of drug-likeness (QED) is 0.249. The molecule has 0 heterocycles. The SMILES string of the molecule is CC(C)OP(OC(C)C)OC(C)C.C[C]1[C](C)[C](C)[C](C)[C]1C.[CH3-].[CH3-].[Ir+3]. The Hall–Kier alpha value is 0.959. The van der Waals surface area contributed by atoms with Crippen LogP contribution in [-0.2, 0) is 33.7 Å². The van der Waals surface area contributed by atoms with Crippen LogP contribution in [0.5, 0.6) is 0 Å². The summed E-state index contributed by atoms with van der Waals surface area (Å²) in [5.41, 5.74) is 0. The summed E-state index contributed by atoms with van der Waals surface area (Å²) in [4.78, 5) is 0. The zero-order valence-electron chi connectivity index (χ0n) is 19.2. The maximum absolute atomic E-state index is 5.49. The van der Waals surface area contributed by atoms with Gasteiger partial charge in [0.1, 0.15) is 0 Å². The summed E-state index contributed by atoms with van der Waals surface area (Å²) < 4.78 is 16.5. The van der Waals surface area contributed by atoms with Crippen LogP contribution in [0.25, 0.3) is 0 Å². The topological polar surface area (TPSA) is 27.7 Å². The van der Waals surface area contributed by atoms with Gasteiger partial charge in [-0.25, -0.2) is 0 Å².